The molecule has 0 aromatic carbocycles. The van der Waals surface area contributed by atoms with Crippen LogP contribution < -0.4 is 0 Å². The second kappa shape index (κ2) is 6.35. The van der Waals surface area contributed by atoms with E-state index in [1.54, 1.807) is 11.0 Å². The molecule has 8 heteroatoms. The molecule has 0 saturated carbocycles. The number of amides is 2. The first-order valence-electron chi connectivity index (χ1n) is 8.86. The zero-order valence-corrected chi connectivity index (χ0v) is 15.2. The predicted molar refractivity (Wildman–Crippen MR) is 92.7 cm³/mol. The Hall–Kier alpha value is -2.48. The lowest BCUT2D eigenvalue weighted by molar-refractivity contribution is -0.154. The Morgan fingerprint density at radius 3 is 2.85 bits per heavy atom. The van der Waals surface area contributed by atoms with Crippen LogP contribution in [-0.2, 0) is 9.53 Å². The maximum absolute atomic E-state index is 13.2. The minimum Gasteiger partial charge on any atom is -0.366 e. The number of hydrogen-bond donors (Lipinski definition) is 0. The van der Waals surface area contributed by atoms with Crippen LogP contribution >= 0.6 is 0 Å². The SMILES string of the molecule is Cc1cc(C(=O)N2CC[C@@H]3OCC(=O)N(C)[C@H]3CC2)c2c(C)noc2n1. The fourth-order valence-electron chi connectivity index (χ4n) is 3.92. The number of ether oxygens (including phenoxy) is 1. The van der Waals surface area contributed by atoms with Gasteiger partial charge in [-0.25, -0.2) is 4.98 Å². The van der Waals surface area contributed by atoms with Gasteiger partial charge < -0.3 is 19.1 Å². The molecule has 2 aromatic heterocycles. The topological polar surface area (TPSA) is 88.8 Å². The third-order valence-electron chi connectivity index (χ3n) is 5.38. The summed E-state index contributed by atoms with van der Waals surface area (Å²) in [7, 11) is 1.82. The summed E-state index contributed by atoms with van der Waals surface area (Å²) in [4.78, 5) is 33.0. The largest absolute Gasteiger partial charge is 0.366 e. The van der Waals surface area contributed by atoms with Gasteiger partial charge in [0, 0.05) is 25.8 Å². The predicted octanol–water partition coefficient (Wildman–Crippen LogP) is 1.30. The highest BCUT2D eigenvalue weighted by atomic mass is 16.5. The highest BCUT2D eigenvalue weighted by molar-refractivity contribution is 6.06. The Morgan fingerprint density at radius 1 is 1.27 bits per heavy atom. The van der Waals surface area contributed by atoms with Crippen molar-refractivity contribution >= 4 is 22.9 Å². The van der Waals surface area contributed by atoms with Crippen LogP contribution in [0.1, 0.15) is 34.6 Å². The molecule has 0 spiro atoms. The van der Waals surface area contributed by atoms with E-state index in [4.69, 9.17) is 9.26 Å². The molecule has 2 saturated heterocycles. The molecule has 0 aliphatic carbocycles. The summed E-state index contributed by atoms with van der Waals surface area (Å²) in [5.74, 6) is -0.0583. The second-order valence-electron chi connectivity index (χ2n) is 7.05. The molecule has 2 aromatic rings. The Labute approximate surface area is 151 Å². The Bertz CT molecular complexity index is 877. The van der Waals surface area contributed by atoms with Crippen LogP contribution in [0.5, 0.6) is 0 Å². The monoisotopic (exact) mass is 358 g/mol. The van der Waals surface area contributed by atoms with E-state index in [0.29, 0.717) is 54.0 Å². The molecular formula is C18H22N4O4. The van der Waals surface area contributed by atoms with Gasteiger partial charge in [0.15, 0.2) is 0 Å². The van der Waals surface area contributed by atoms with Gasteiger partial charge in [-0.05, 0) is 32.8 Å². The number of likely N-dealkylation sites (tertiary alicyclic amines) is 1. The van der Waals surface area contributed by atoms with Gasteiger partial charge >= 0.3 is 0 Å². The molecule has 0 unspecified atom stereocenters. The number of rotatable bonds is 1. The fourth-order valence-corrected chi connectivity index (χ4v) is 3.92. The zero-order chi connectivity index (χ0) is 18.4. The van der Waals surface area contributed by atoms with Gasteiger partial charge in [0.1, 0.15) is 6.61 Å². The number of fused-ring (bicyclic) bond motifs is 2. The first kappa shape index (κ1) is 17.0. The van der Waals surface area contributed by atoms with Gasteiger partial charge in [0.2, 0.25) is 5.91 Å². The van der Waals surface area contributed by atoms with E-state index in [1.807, 2.05) is 25.8 Å². The number of pyridine rings is 1. The Morgan fingerprint density at radius 2 is 2.04 bits per heavy atom. The number of carbonyl (C=O) groups excluding carboxylic acids is 2. The summed E-state index contributed by atoms with van der Waals surface area (Å²) in [6, 6.07) is 1.81. The summed E-state index contributed by atoms with van der Waals surface area (Å²) in [5.41, 5.74) is 2.34. The van der Waals surface area contributed by atoms with Gasteiger partial charge in [-0.3, -0.25) is 9.59 Å². The number of aromatic nitrogens is 2. The van der Waals surface area contributed by atoms with Crippen molar-refractivity contribution in [2.24, 2.45) is 0 Å². The van der Waals surface area contributed by atoms with Crippen LogP contribution in [0, 0.1) is 13.8 Å². The van der Waals surface area contributed by atoms with Crippen molar-refractivity contribution in [2.45, 2.75) is 38.8 Å². The van der Waals surface area contributed by atoms with Crippen molar-refractivity contribution in [3.05, 3.63) is 23.0 Å². The summed E-state index contributed by atoms with van der Waals surface area (Å²) < 4.78 is 10.9. The minimum atomic E-state index is -0.0561. The number of nitrogens with zero attached hydrogens (tertiary/aromatic N) is 4. The molecule has 4 heterocycles. The van der Waals surface area contributed by atoms with Crippen LogP contribution in [0.15, 0.2) is 10.6 Å². The van der Waals surface area contributed by atoms with Gasteiger partial charge in [-0.2, -0.15) is 0 Å². The summed E-state index contributed by atoms with van der Waals surface area (Å²) >= 11 is 0. The maximum atomic E-state index is 13.2. The average Bonchev–Trinajstić information content (AvgIpc) is 2.86. The van der Waals surface area contributed by atoms with E-state index >= 15 is 0 Å². The van der Waals surface area contributed by atoms with Crippen molar-refractivity contribution in [2.75, 3.05) is 26.7 Å². The third-order valence-corrected chi connectivity index (χ3v) is 5.38. The lowest BCUT2D eigenvalue weighted by Crippen LogP contribution is -2.52. The maximum Gasteiger partial charge on any atom is 0.258 e. The smallest absolute Gasteiger partial charge is 0.258 e. The fraction of sp³-hybridized carbons (Fsp3) is 0.556. The quantitative estimate of drug-likeness (QED) is 0.763. The van der Waals surface area contributed by atoms with Crippen LogP contribution in [-0.4, -0.2) is 70.6 Å². The normalized spacial score (nSPS) is 23.9. The molecule has 0 bridgehead atoms. The van der Waals surface area contributed by atoms with E-state index in [-0.39, 0.29) is 30.6 Å². The minimum absolute atomic E-state index is 0.00223. The first-order chi connectivity index (χ1) is 12.5. The van der Waals surface area contributed by atoms with Crippen LogP contribution in [0.2, 0.25) is 0 Å². The Balaban J connectivity index is 1.62. The van der Waals surface area contributed by atoms with Crippen molar-refractivity contribution in [1.29, 1.82) is 0 Å². The molecule has 4 rings (SSSR count). The first-order valence-corrected chi connectivity index (χ1v) is 8.86. The molecule has 0 N–H and O–H groups in total. The zero-order valence-electron chi connectivity index (χ0n) is 15.2. The number of morpholine rings is 1. The number of likely N-dealkylation sites (N-methyl/N-ethyl adjacent to an activating group) is 1. The molecule has 2 aliphatic rings. The van der Waals surface area contributed by atoms with Crippen molar-refractivity contribution in [3.63, 3.8) is 0 Å². The molecule has 8 nitrogen and oxygen atoms in total. The summed E-state index contributed by atoms with van der Waals surface area (Å²) in [6.45, 7) is 4.93. The lowest BCUT2D eigenvalue weighted by atomic mass is 10.0. The molecule has 26 heavy (non-hydrogen) atoms. The van der Waals surface area contributed by atoms with Crippen LogP contribution in [0.4, 0.5) is 0 Å². The number of aryl methyl sites for hydroxylation is 2. The molecule has 2 amide bonds. The van der Waals surface area contributed by atoms with E-state index in [9.17, 15) is 9.59 Å². The van der Waals surface area contributed by atoms with E-state index in [2.05, 4.69) is 10.1 Å². The van der Waals surface area contributed by atoms with E-state index < -0.39 is 0 Å². The highest BCUT2D eigenvalue weighted by Gasteiger charge is 2.37. The highest BCUT2D eigenvalue weighted by Crippen LogP contribution is 2.27. The third kappa shape index (κ3) is 2.74. The van der Waals surface area contributed by atoms with Gasteiger partial charge in [-0.15, -0.1) is 0 Å². The Kier molecular flexibility index (Phi) is 4.14. The van der Waals surface area contributed by atoms with Crippen LogP contribution in [0.3, 0.4) is 0 Å². The standard InChI is InChI=1S/C18H22N4O4/c1-10-8-12(16-11(2)20-26-17(16)19-10)18(24)22-6-4-13-14(5-7-22)25-9-15(23)21(13)3/h8,13-14H,4-7,9H2,1-3H3/t13-,14-/m0/s1. The van der Waals surface area contributed by atoms with E-state index in [1.165, 1.54) is 0 Å². The number of carbonyl (C=O) groups is 2. The summed E-state index contributed by atoms with van der Waals surface area (Å²) in [5, 5.41) is 4.62. The van der Waals surface area contributed by atoms with Gasteiger partial charge in [0.05, 0.1) is 28.8 Å². The number of hydrogen-bond acceptors (Lipinski definition) is 6. The van der Waals surface area contributed by atoms with Crippen molar-refractivity contribution in [3.8, 4) is 0 Å². The molecule has 0 radical (unpaired) electrons. The summed E-state index contributed by atoms with van der Waals surface area (Å²) in [6.07, 6.45) is 1.39. The molecular weight excluding hydrogens is 336 g/mol. The van der Waals surface area contributed by atoms with E-state index in [0.717, 1.165) is 0 Å². The molecule has 2 atom stereocenters. The molecule has 2 aliphatic heterocycles. The second-order valence-corrected chi connectivity index (χ2v) is 7.05. The van der Waals surface area contributed by atoms with Gasteiger partial charge in [-0.1, -0.05) is 5.16 Å². The van der Waals surface area contributed by atoms with Crippen molar-refractivity contribution in [1.82, 2.24) is 19.9 Å². The van der Waals surface area contributed by atoms with Crippen molar-refractivity contribution < 1.29 is 18.8 Å². The van der Waals surface area contributed by atoms with Crippen LogP contribution in [0.25, 0.3) is 11.1 Å². The lowest BCUT2D eigenvalue weighted by Gasteiger charge is -2.37. The molecule has 138 valence electrons. The molecule has 2 fully saturated rings. The average molecular weight is 358 g/mol. The van der Waals surface area contributed by atoms with Gasteiger partial charge in [0.25, 0.3) is 11.6 Å².